The molecule has 2 aliphatic rings. The van der Waals surface area contributed by atoms with E-state index in [0.717, 1.165) is 5.57 Å². The highest BCUT2D eigenvalue weighted by Gasteiger charge is 2.49. The second kappa shape index (κ2) is 9.87. The third kappa shape index (κ3) is 5.26. The molecular weight excluding hydrogens is 388 g/mol. The number of esters is 3. The highest BCUT2D eigenvalue weighted by Crippen LogP contribution is 2.37. The van der Waals surface area contributed by atoms with Crippen LogP contribution < -0.4 is 0 Å². The van der Waals surface area contributed by atoms with Crippen LogP contribution in [0, 0.1) is 17.8 Å². The van der Waals surface area contributed by atoms with Crippen LogP contribution in [0.5, 0.6) is 0 Å². The van der Waals surface area contributed by atoms with Gasteiger partial charge in [0.15, 0.2) is 12.2 Å². The first-order valence-corrected chi connectivity index (χ1v) is 10.2. The topological polar surface area (TPSA) is 96.0 Å². The van der Waals surface area contributed by atoms with Crippen LogP contribution >= 0.6 is 0 Å². The normalized spacial score (nSPS) is 30.5. The lowest BCUT2D eigenvalue weighted by Crippen LogP contribution is -2.46. The maximum atomic E-state index is 12.5. The molecule has 0 spiro atoms. The molecule has 0 amide bonds. The lowest BCUT2D eigenvalue weighted by atomic mass is 9.83. The monoisotopic (exact) mass is 418 g/mol. The van der Waals surface area contributed by atoms with Crippen molar-refractivity contribution in [2.24, 2.45) is 17.8 Å². The molecule has 30 heavy (non-hydrogen) atoms. The summed E-state index contributed by atoms with van der Waals surface area (Å²) < 4.78 is 16.9. The van der Waals surface area contributed by atoms with Gasteiger partial charge in [0.25, 0.3) is 0 Å². The zero-order valence-electron chi connectivity index (χ0n) is 18.2. The molecule has 7 heteroatoms. The van der Waals surface area contributed by atoms with Gasteiger partial charge in [-0.15, -0.1) is 0 Å². The van der Waals surface area contributed by atoms with Gasteiger partial charge >= 0.3 is 17.9 Å². The van der Waals surface area contributed by atoms with Crippen molar-refractivity contribution in [2.45, 2.75) is 65.8 Å². The van der Waals surface area contributed by atoms with E-state index >= 15 is 0 Å². The molecule has 0 N–H and O–H groups in total. The Kier molecular flexibility index (Phi) is 7.76. The van der Waals surface area contributed by atoms with Gasteiger partial charge in [-0.3, -0.25) is 14.4 Å². The summed E-state index contributed by atoms with van der Waals surface area (Å²) in [6, 6.07) is 0. The zero-order valence-corrected chi connectivity index (χ0v) is 18.2. The minimum absolute atomic E-state index is 0.113. The van der Waals surface area contributed by atoms with E-state index in [1.807, 2.05) is 6.92 Å². The number of allylic oxidation sites excluding steroid dienone is 2. The average molecular weight is 418 g/mol. The standard InChI is InChI=1S/C23H30O7/c1-12(2)21(25)29-19-16(11-24)9-7-8-14(5)10-17-18(15(6)23(27)28-17)20(19)30-22(26)13(3)4/h9-13,17-20H,6-8H2,1-5H3/b14-10+,16-9-/t17-,18-,19+,20+/m1/s1. The Bertz CT molecular complexity index is 787. The summed E-state index contributed by atoms with van der Waals surface area (Å²) in [4.78, 5) is 49.2. The van der Waals surface area contributed by atoms with Crippen molar-refractivity contribution < 1.29 is 33.4 Å². The molecule has 0 bridgehead atoms. The van der Waals surface area contributed by atoms with E-state index in [-0.39, 0.29) is 11.1 Å². The van der Waals surface area contributed by atoms with Gasteiger partial charge < -0.3 is 14.2 Å². The van der Waals surface area contributed by atoms with Gasteiger partial charge in [-0.2, -0.15) is 0 Å². The Labute approximate surface area is 177 Å². The molecule has 0 saturated carbocycles. The first-order valence-electron chi connectivity index (χ1n) is 10.2. The average Bonchev–Trinajstić information content (AvgIpc) is 2.94. The molecule has 0 aromatic carbocycles. The highest BCUT2D eigenvalue weighted by molar-refractivity contribution is 5.91. The predicted octanol–water partition coefficient (Wildman–Crippen LogP) is 3.09. The molecule has 1 aliphatic carbocycles. The van der Waals surface area contributed by atoms with Gasteiger partial charge in [0.05, 0.1) is 17.8 Å². The second-order valence-corrected chi connectivity index (χ2v) is 8.36. The first-order chi connectivity index (χ1) is 14.1. The molecule has 164 valence electrons. The molecular formula is C23H30O7. The summed E-state index contributed by atoms with van der Waals surface area (Å²) in [6.07, 6.45) is 2.19. The fourth-order valence-corrected chi connectivity index (χ4v) is 3.37. The van der Waals surface area contributed by atoms with Crippen molar-refractivity contribution in [3.63, 3.8) is 0 Å². The van der Waals surface area contributed by atoms with Crippen molar-refractivity contribution in [1.29, 1.82) is 0 Å². The van der Waals surface area contributed by atoms with Gasteiger partial charge in [-0.1, -0.05) is 45.9 Å². The Hall–Kier alpha value is -2.70. The molecule has 4 atom stereocenters. The van der Waals surface area contributed by atoms with Crippen molar-refractivity contribution >= 4 is 24.2 Å². The SMILES string of the molecule is C=C1C(=O)O[C@@H]2/C=C(\C)CC/C=C(/C=O)[C@H](OC(=O)C(C)C)[C@@H](OC(=O)C(C)C)[C@H]12. The Balaban J connectivity index is 2.63. The maximum absolute atomic E-state index is 12.5. The Morgan fingerprint density at radius 3 is 2.33 bits per heavy atom. The molecule has 0 unspecified atom stereocenters. The first kappa shape index (κ1) is 23.6. The second-order valence-electron chi connectivity index (χ2n) is 8.36. The number of hydrogen-bond donors (Lipinski definition) is 0. The molecule has 1 fully saturated rings. The van der Waals surface area contributed by atoms with Gasteiger partial charge in [-0.25, -0.2) is 4.79 Å². The van der Waals surface area contributed by atoms with Gasteiger partial charge in [0.2, 0.25) is 0 Å². The van der Waals surface area contributed by atoms with Gasteiger partial charge in [0, 0.05) is 11.1 Å². The molecule has 0 aromatic rings. The summed E-state index contributed by atoms with van der Waals surface area (Å²) in [7, 11) is 0. The smallest absolute Gasteiger partial charge is 0.334 e. The third-order valence-corrected chi connectivity index (χ3v) is 5.18. The molecule has 0 radical (unpaired) electrons. The molecule has 0 aromatic heterocycles. The number of rotatable bonds is 5. The van der Waals surface area contributed by atoms with E-state index in [2.05, 4.69) is 6.58 Å². The summed E-state index contributed by atoms with van der Waals surface area (Å²) in [5, 5.41) is 0. The van der Waals surface area contributed by atoms with Crippen molar-refractivity contribution in [2.75, 3.05) is 0 Å². The Morgan fingerprint density at radius 1 is 1.17 bits per heavy atom. The highest BCUT2D eigenvalue weighted by atomic mass is 16.6. The van der Waals surface area contributed by atoms with Crippen LogP contribution in [0.4, 0.5) is 0 Å². The Morgan fingerprint density at radius 2 is 1.77 bits per heavy atom. The number of hydrogen-bond acceptors (Lipinski definition) is 7. The third-order valence-electron chi connectivity index (χ3n) is 5.18. The summed E-state index contributed by atoms with van der Waals surface area (Å²) >= 11 is 0. The largest absolute Gasteiger partial charge is 0.457 e. The molecule has 7 nitrogen and oxygen atoms in total. The van der Waals surface area contributed by atoms with Crippen LogP contribution in [0.25, 0.3) is 0 Å². The van der Waals surface area contributed by atoms with E-state index in [0.29, 0.717) is 19.1 Å². The molecule has 1 saturated heterocycles. The lowest BCUT2D eigenvalue weighted by molar-refractivity contribution is -0.174. The van der Waals surface area contributed by atoms with Crippen LogP contribution in [-0.4, -0.2) is 42.5 Å². The van der Waals surface area contributed by atoms with Gasteiger partial charge in [0.1, 0.15) is 12.4 Å². The van der Waals surface area contributed by atoms with Crippen LogP contribution in [0.2, 0.25) is 0 Å². The number of carbonyl (C=O) groups excluding carboxylic acids is 4. The van der Waals surface area contributed by atoms with Gasteiger partial charge in [-0.05, 0) is 25.8 Å². The number of ether oxygens (including phenoxy) is 3. The summed E-state index contributed by atoms with van der Waals surface area (Å²) in [5.41, 5.74) is 1.26. The summed E-state index contributed by atoms with van der Waals surface area (Å²) in [5.74, 6) is -3.41. The van der Waals surface area contributed by atoms with E-state index in [9.17, 15) is 19.2 Å². The fraction of sp³-hybridized carbons (Fsp3) is 0.565. The molecule has 2 rings (SSSR count). The molecule has 1 aliphatic heterocycles. The van der Waals surface area contributed by atoms with Crippen molar-refractivity contribution in [1.82, 2.24) is 0 Å². The number of aldehydes is 1. The predicted molar refractivity (Wildman–Crippen MR) is 109 cm³/mol. The van der Waals surface area contributed by atoms with Crippen LogP contribution in [0.1, 0.15) is 47.5 Å². The van der Waals surface area contributed by atoms with E-state index in [1.54, 1.807) is 39.8 Å². The molecule has 1 heterocycles. The van der Waals surface area contributed by atoms with Crippen molar-refractivity contribution in [3.8, 4) is 0 Å². The van der Waals surface area contributed by atoms with E-state index < -0.39 is 54.0 Å². The number of fused-ring (bicyclic) bond motifs is 1. The maximum Gasteiger partial charge on any atom is 0.334 e. The lowest BCUT2D eigenvalue weighted by Gasteiger charge is -2.33. The fourth-order valence-electron chi connectivity index (χ4n) is 3.37. The van der Waals surface area contributed by atoms with Crippen LogP contribution in [0.15, 0.2) is 35.5 Å². The van der Waals surface area contributed by atoms with E-state index in [4.69, 9.17) is 14.2 Å². The quantitative estimate of drug-likeness (QED) is 0.223. The van der Waals surface area contributed by atoms with Crippen molar-refractivity contribution in [3.05, 3.63) is 35.5 Å². The minimum atomic E-state index is -1.18. The van der Waals surface area contributed by atoms with Crippen LogP contribution in [-0.2, 0) is 33.4 Å². The summed E-state index contributed by atoms with van der Waals surface area (Å²) in [6.45, 7) is 12.4. The zero-order chi connectivity index (χ0) is 22.6. The van der Waals surface area contributed by atoms with E-state index in [1.165, 1.54) is 0 Å². The number of carbonyl (C=O) groups is 4. The van der Waals surface area contributed by atoms with Crippen LogP contribution in [0.3, 0.4) is 0 Å². The minimum Gasteiger partial charge on any atom is -0.457 e.